The molecule has 1 aliphatic carbocycles. The fourth-order valence-corrected chi connectivity index (χ4v) is 2.56. The van der Waals surface area contributed by atoms with Gasteiger partial charge in [-0.2, -0.15) is 13.2 Å². The largest absolute Gasteiger partial charge is 0.481 e. The zero-order chi connectivity index (χ0) is 16.3. The standard InChI is InChI=1S/C14H15F3N2O3/c15-14(16,17)11-10(2-1-7-18-11)12(20)19-9-5-3-8(4-6-9)13(21)22/h1-2,7-9H,3-6H2,(H,19,20)(H,21,22). The van der Waals surface area contributed by atoms with Gasteiger partial charge in [-0.15, -0.1) is 0 Å². The lowest BCUT2D eigenvalue weighted by atomic mass is 9.86. The van der Waals surface area contributed by atoms with E-state index in [1.165, 1.54) is 6.07 Å². The van der Waals surface area contributed by atoms with Crippen molar-refractivity contribution < 1.29 is 27.9 Å². The highest BCUT2D eigenvalue weighted by Gasteiger charge is 2.37. The first kappa shape index (κ1) is 16.3. The number of carbonyl (C=O) groups is 2. The van der Waals surface area contributed by atoms with E-state index in [0.29, 0.717) is 25.7 Å². The fraction of sp³-hybridized carbons (Fsp3) is 0.500. The maximum atomic E-state index is 12.8. The van der Waals surface area contributed by atoms with Gasteiger partial charge in [-0.3, -0.25) is 14.6 Å². The minimum absolute atomic E-state index is 0.315. The minimum atomic E-state index is -4.70. The molecule has 2 N–H and O–H groups in total. The van der Waals surface area contributed by atoms with Gasteiger partial charge in [0, 0.05) is 12.2 Å². The molecule has 1 fully saturated rings. The summed E-state index contributed by atoms with van der Waals surface area (Å²) in [5.74, 6) is -2.16. The van der Waals surface area contributed by atoms with Crippen molar-refractivity contribution in [3.63, 3.8) is 0 Å². The Morgan fingerprint density at radius 3 is 2.41 bits per heavy atom. The monoisotopic (exact) mass is 316 g/mol. The maximum absolute atomic E-state index is 12.8. The van der Waals surface area contributed by atoms with Gasteiger partial charge in [0.05, 0.1) is 11.5 Å². The van der Waals surface area contributed by atoms with Crippen molar-refractivity contribution in [1.29, 1.82) is 0 Å². The van der Waals surface area contributed by atoms with E-state index in [2.05, 4.69) is 10.3 Å². The van der Waals surface area contributed by atoms with E-state index in [9.17, 15) is 22.8 Å². The molecule has 0 radical (unpaired) electrons. The maximum Gasteiger partial charge on any atom is 0.434 e. The molecule has 0 spiro atoms. The van der Waals surface area contributed by atoms with Gasteiger partial charge in [-0.05, 0) is 37.8 Å². The van der Waals surface area contributed by atoms with Crippen molar-refractivity contribution in [1.82, 2.24) is 10.3 Å². The normalized spacial score (nSPS) is 22.1. The zero-order valence-electron chi connectivity index (χ0n) is 11.6. The highest BCUT2D eigenvalue weighted by atomic mass is 19.4. The Labute approximate surface area is 124 Å². The lowest BCUT2D eigenvalue weighted by Crippen LogP contribution is -2.39. The number of aromatic nitrogens is 1. The summed E-state index contributed by atoms with van der Waals surface area (Å²) in [6.07, 6.45) is -2.04. The Morgan fingerprint density at radius 1 is 1.23 bits per heavy atom. The van der Waals surface area contributed by atoms with Crippen LogP contribution in [0.25, 0.3) is 0 Å². The van der Waals surface area contributed by atoms with Crippen LogP contribution in [0, 0.1) is 5.92 Å². The third kappa shape index (κ3) is 3.75. The van der Waals surface area contributed by atoms with Crippen LogP contribution in [0.1, 0.15) is 41.7 Å². The van der Waals surface area contributed by atoms with E-state index in [0.717, 1.165) is 12.3 Å². The van der Waals surface area contributed by atoms with Crippen LogP contribution in [0.4, 0.5) is 13.2 Å². The molecule has 1 aromatic rings. The van der Waals surface area contributed by atoms with Crippen molar-refractivity contribution in [2.24, 2.45) is 5.92 Å². The number of hydrogen-bond donors (Lipinski definition) is 2. The van der Waals surface area contributed by atoms with Crippen molar-refractivity contribution in [3.8, 4) is 0 Å². The SMILES string of the molecule is O=C(NC1CCC(C(=O)O)CC1)c1cccnc1C(F)(F)F. The molecule has 0 atom stereocenters. The third-order valence-electron chi connectivity index (χ3n) is 3.73. The number of hydrogen-bond acceptors (Lipinski definition) is 3. The molecular formula is C14H15F3N2O3. The van der Waals surface area contributed by atoms with Crippen LogP contribution >= 0.6 is 0 Å². The molecule has 2 rings (SSSR count). The predicted molar refractivity (Wildman–Crippen MR) is 70.1 cm³/mol. The summed E-state index contributed by atoms with van der Waals surface area (Å²) >= 11 is 0. The van der Waals surface area contributed by atoms with E-state index >= 15 is 0 Å². The van der Waals surface area contributed by atoms with Gasteiger partial charge < -0.3 is 10.4 Å². The first-order chi connectivity index (χ1) is 10.3. The molecule has 1 heterocycles. The molecule has 1 aromatic heterocycles. The van der Waals surface area contributed by atoms with Gasteiger partial charge in [0.2, 0.25) is 0 Å². The van der Waals surface area contributed by atoms with E-state index in [-0.39, 0.29) is 6.04 Å². The zero-order valence-corrected chi connectivity index (χ0v) is 11.6. The lowest BCUT2D eigenvalue weighted by Gasteiger charge is -2.27. The highest BCUT2D eigenvalue weighted by Crippen LogP contribution is 2.30. The number of nitrogens with one attached hydrogen (secondary N) is 1. The summed E-state index contributed by atoms with van der Waals surface area (Å²) in [5, 5.41) is 11.4. The predicted octanol–water partition coefficient (Wildman–Crippen LogP) is 2.47. The molecule has 8 heteroatoms. The Balaban J connectivity index is 2.04. The summed E-state index contributed by atoms with van der Waals surface area (Å²) in [5.41, 5.74) is -1.73. The van der Waals surface area contributed by atoms with Crippen molar-refractivity contribution in [2.45, 2.75) is 37.9 Å². The van der Waals surface area contributed by atoms with E-state index in [1.54, 1.807) is 0 Å². The lowest BCUT2D eigenvalue weighted by molar-refractivity contribution is -0.143. The Bertz CT molecular complexity index is 567. The Kier molecular flexibility index (Phi) is 4.68. The van der Waals surface area contributed by atoms with Crippen molar-refractivity contribution >= 4 is 11.9 Å². The van der Waals surface area contributed by atoms with E-state index in [4.69, 9.17) is 5.11 Å². The van der Waals surface area contributed by atoms with Crippen LogP contribution in [-0.4, -0.2) is 28.0 Å². The number of carboxylic acids is 1. The molecule has 120 valence electrons. The number of rotatable bonds is 3. The van der Waals surface area contributed by atoms with Crippen molar-refractivity contribution in [3.05, 3.63) is 29.6 Å². The summed E-state index contributed by atoms with van der Waals surface area (Å²) in [4.78, 5) is 26.1. The number of pyridine rings is 1. The summed E-state index contributed by atoms with van der Waals surface area (Å²) < 4.78 is 38.5. The Morgan fingerprint density at radius 2 is 1.86 bits per heavy atom. The number of alkyl halides is 3. The average molecular weight is 316 g/mol. The molecule has 22 heavy (non-hydrogen) atoms. The second kappa shape index (κ2) is 6.33. The third-order valence-corrected chi connectivity index (χ3v) is 3.73. The van der Waals surface area contributed by atoms with Gasteiger partial charge in [0.15, 0.2) is 5.69 Å². The number of amides is 1. The van der Waals surface area contributed by atoms with Crippen LogP contribution in [-0.2, 0) is 11.0 Å². The fourth-order valence-electron chi connectivity index (χ4n) is 2.56. The smallest absolute Gasteiger partial charge is 0.434 e. The molecule has 1 saturated carbocycles. The van der Waals surface area contributed by atoms with Gasteiger partial charge >= 0.3 is 12.1 Å². The number of nitrogens with zero attached hydrogens (tertiary/aromatic N) is 1. The molecular weight excluding hydrogens is 301 g/mol. The van der Waals surface area contributed by atoms with E-state index < -0.39 is 35.2 Å². The first-order valence-electron chi connectivity index (χ1n) is 6.85. The molecule has 1 amide bonds. The van der Waals surface area contributed by atoms with Gasteiger partial charge in [-0.25, -0.2) is 0 Å². The summed E-state index contributed by atoms with van der Waals surface area (Å²) in [6, 6.07) is 2.03. The van der Waals surface area contributed by atoms with Crippen LogP contribution in [0.15, 0.2) is 18.3 Å². The second-order valence-corrected chi connectivity index (χ2v) is 5.26. The molecule has 0 unspecified atom stereocenters. The topological polar surface area (TPSA) is 79.3 Å². The summed E-state index contributed by atoms with van der Waals surface area (Å²) in [6.45, 7) is 0. The quantitative estimate of drug-likeness (QED) is 0.898. The van der Waals surface area contributed by atoms with Gasteiger partial charge in [-0.1, -0.05) is 0 Å². The summed E-state index contributed by atoms with van der Waals surface area (Å²) in [7, 11) is 0. The van der Waals surface area contributed by atoms with E-state index in [1.807, 2.05) is 0 Å². The van der Waals surface area contributed by atoms with Gasteiger partial charge in [0.1, 0.15) is 0 Å². The minimum Gasteiger partial charge on any atom is -0.481 e. The molecule has 0 aliphatic heterocycles. The first-order valence-corrected chi connectivity index (χ1v) is 6.85. The van der Waals surface area contributed by atoms with Crippen LogP contribution in [0.5, 0.6) is 0 Å². The van der Waals surface area contributed by atoms with Gasteiger partial charge in [0.25, 0.3) is 5.91 Å². The highest BCUT2D eigenvalue weighted by molar-refractivity contribution is 5.95. The molecule has 0 bridgehead atoms. The van der Waals surface area contributed by atoms with Crippen LogP contribution < -0.4 is 5.32 Å². The van der Waals surface area contributed by atoms with Crippen LogP contribution in [0.2, 0.25) is 0 Å². The number of carboxylic acid groups (broad SMARTS) is 1. The Hall–Kier alpha value is -2.12. The number of aliphatic carboxylic acids is 1. The number of halogens is 3. The molecule has 0 saturated heterocycles. The second-order valence-electron chi connectivity index (χ2n) is 5.26. The van der Waals surface area contributed by atoms with Crippen molar-refractivity contribution in [2.75, 3.05) is 0 Å². The molecule has 5 nitrogen and oxygen atoms in total. The van der Waals surface area contributed by atoms with Crippen LogP contribution in [0.3, 0.4) is 0 Å². The average Bonchev–Trinajstić information content (AvgIpc) is 2.47. The molecule has 1 aliphatic rings. The number of carbonyl (C=O) groups excluding carboxylic acids is 1. The molecule has 0 aromatic carbocycles.